The summed E-state index contributed by atoms with van der Waals surface area (Å²) in [6.07, 6.45) is 3.75. The van der Waals surface area contributed by atoms with Crippen molar-refractivity contribution < 1.29 is 14.4 Å². The van der Waals surface area contributed by atoms with Gasteiger partial charge in [-0.2, -0.15) is 0 Å². The molecule has 0 saturated carbocycles. The van der Waals surface area contributed by atoms with E-state index in [1.165, 1.54) is 5.56 Å². The summed E-state index contributed by atoms with van der Waals surface area (Å²) in [5.74, 6) is -0.230. The van der Waals surface area contributed by atoms with E-state index < -0.39 is 12.1 Å². The minimum Gasteiger partial charge on any atom is -0.343 e. The van der Waals surface area contributed by atoms with Gasteiger partial charge in [0.2, 0.25) is 17.7 Å². The van der Waals surface area contributed by atoms with Gasteiger partial charge in [-0.15, -0.1) is 0 Å². The first-order valence-corrected chi connectivity index (χ1v) is 13.0. The Labute approximate surface area is 215 Å². The molecule has 7 heteroatoms. The van der Waals surface area contributed by atoms with Gasteiger partial charge in [-0.25, -0.2) is 0 Å². The van der Waals surface area contributed by atoms with Crippen molar-refractivity contribution in [3.8, 4) is 0 Å². The van der Waals surface area contributed by atoms with Gasteiger partial charge >= 0.3 is 0 Å². The second-order valence-corrected chi connectivity index (χ2v) is 9.62. The number of nitrogens with zero attached hydrogens (tertiary/aromatic N) is 2. The van der Waals surface area contributed by atoms with E-state index in [-0.39, 0.29) is 23.8 Å². The Morgan fingerprint density at radius 1 is 1.00 bits per heavy atom. The number of hydrogen-bond acceptors (Lipinski definition) is 4. The number of nitrogens with one attached hydrogen (secondary N) is 2. The van der Waals surface area contributed by atoms with Gasteiger partial charge in [0.15, 0.2) is 0 Å². The molecule has 0 aromatic heterocycles. The highest BCUT2D eigenvalue weighted by molar-refractivity contribution is 5.90. The molecule has 0 bridgehead atoms. The summed E-state index contributed by atoms with van der Waals surface area (Å²) < 4.78 is 0. The molecular weight excluding hydrogens is 452 g/mol. The van der Waals surface area contributed by atoms with Crippen LogP contribution in [0.1, 0.15) is 44.2 Å². The van der Waals surface area contributed by atoms with Crippen molar-refractivity contribution in [2.24, 2.45) is 0 Å². The average molecular weight is 493 g/mol. The number of benzene rings is 2. The maximum absolute atomic E-state index is 13.7. The van der Waals surface area contributed by atoms with Gasteiger partial charge in [0, 0.05) is 32.6 Å². The van der Waals surface area contributed by atoms with E-state index in [1.54, 1.807) is 20.9 Å². The van der Waals surface area contributed by atoms with Crippen molar-refractivity contribution in [3.05, 3.63) is 71.8 Å². The molecule has 1 aliphatic heterocycles. The Kier molecular flexibility index (Phi) is 10.5. The molecule has 0 spiro atoms. The largest absolute Gasteiger partial charge is 0.343 e. The number of rotatable bonds is 12. The van der Waals surface area contributed by atoms with Crippen LogP contribution in [0, 0.1) is 0 Å². The highest BCUT2D eigenvalue weighted by atomic mass is 16.2. The monoisotopic (exact) mass is 492 g/mol. The number of hydrogen-bond donors (Lipinski definition) is 2. The van der Waals surface area contributed by atoms with Crippen LogP contribution in [0.25, 0.3) is 0 Å². The van der Waals surface area contributed by atoms with Gasteiger partial charge in [-0.05, 0) is 57.2 Å². The highest BCUT2D eigenvalue weighted by Gasteiger charge is 2.35. The Morgan fingerprint density at radius 3 is 2.19 bits per heavy atom. The van der Waals surface area contributed by atoms with Gasteiger partial charge in [-0.1, -0.05) is 60.7 Å². The summed E-state index contributed by atoms with van der Waals surface area (Å²) in [7, 11) is 1.73. The van der Waals surface area contributed by atoms with Crippen molar-refractivity contribution in [1.29, 1.82) is 0 Å². The first-order chi connectivity index (χ1) is 17.4. The molecule has 3 rings (SSSR count). The second kappa shape index (κ2) is 13.8. The third kappa shape index (κ3) is 7.92. The van der Waals surface area contributed by atoms with E-state index in [2.05, 4.69) is 22.8 Å². The molecule has 36 heavy (non-hydrogen) atoms. The van der Waals surface area contributed by atoms with Crippen molar-refractivity contribution in [2.45, 2.75) is 64.1 Å². The second-order valence-electron chi connectivity index (χ2n) is 9.62. The quantitative estimate of drug-likeness (QED) is 0.477. The third-order valence-corrected chi connectivity index (χ3v) is 7.06. The van der Waals surface area contributed by atoms with Crippen LogP contribution in [-0.2, 0) is 27.2 Å². The fourth-order valence-corrected chi connectivity index (χ4v) is 4.70. The zero-order valence-electron chi connectivity index (χ0n) is 21.8. The average Bonchev–Trinajstić information content (AvgIpc) is 3.37. The van der Waals surface area contributed by atoms with Crippen molar-refractivity contribution >= 4 is 17.7 Å². The van der Waals surface area contributed by atoms with Gasteiger partial charge in [0.25, 0.3) is 0 Å². The van der Waals surface area contributed by atoms with Crippen LogP contribution in [0.3, 0.4) is 0 Å². The normalized spacial score (nSPS) is 16.9. The van der Waals surface area contributed by atoms with Crippen LogP contribution in [-0.4, -0.2) is 72.3 Å². The van der Waals surface area contributed by atoms with Crippen LogP contribution < -0.4 is 10.6 Å². The maximum atomic E-state index is 13.7. The SMILES string of the molecule is CN[C@@H](C)C(=O)N[C@@H](CCc1ccccc1)C(=O)N1CCC[C@H]1CN(CCc1ccccc1)C(C)=O. The molecule has 1 saturated heterocycles. The lowest BCUT2D eigenvalue weighted by molar-refractivity contribution is -0.139. The predicted octanol–water partition coefficient (Wildman–Crippen LogP) is 2.79. The molecule has 3 amide bonds. The molecule has 1 aliphatic rings. The molecule has 1 fully saturated rings. The van der Waals surface area contributed by atoms with E-state index in [4.69, 9.17) is 0 Å². The molecule has 0 aliphatic carbocycles. The van der Waals surface area contributed by atoms with E-state index in [0.29, 0.717) is 32.5 Å². The van der Waals surface area contributed by atoms with Crippen LogP contribution in [0.15, 0.2) is 60.7 Å². The van der Waals surface area contributed by atoms with Gasteiger partial charge in [-0.3, -0.25) is 14.4 Å². The zero-order valence-corrected chi connectivity index (χ0v) is 21.8. The van der Waals surface area contributed by atoms with E-state index >= 15 is 0 Å². The Morgan fingerprint density at radius 2 is 1.61 bits per heavy atom. The fourth-order valence-electron chi connectivity index (χ4n) is 4.70. The lowest BCUT2D eigenvalue weighted by Gasteiger charge is -2.33. The van der Waals surface area contributed by atoms with Crippen LogP contribution in [0.4, 0.5) is 0 Å². The minimum atomic E-state index is -0.607. The number of aryl methyl sites for hydroxylation is 1. The molecule has 2 N–H and O–H groups in total. The number of likely N-dealkylation sites (tertiary alicyclic amines) is 1. The lowest BCUT2D eigenvalue weighted by Crippen LogP contribution is -2.55. The van der Waals surface area contributed by atoms with Crippen molar-refractivity contribution in [2.75, 3.05) is 26.7 Å². The summed E-state index contributed by atoms with van der Waals surface area (Å²) in [6, 6.07) is 19.1. The van der Waals surface area contributed by atoms with Gasteiger partial charge < -0.3 is 20.4 Å². The summed E-state index contributed by atoms with van der Waals surface area (Å²) in [6.45, 7) is 5.15. The number of amides is 3. The third-order valence-electron chi connectivity index (χ3n) is 7.06. The Balaban J connectivity index is 1.68. The fraction of sp³-hybridized carbons (Fsp3) is 0.483. The molecule has 2 aromatic carbocycles. The molecule has 1 heterocycles. The van der Waals surface area contributed by atoms with Crippen LogP contribution in [0.2, 0.25) is 0 Å². The van der Waals surface area contributed by atoms with Crippen molar-refractivity contribution in [3.63, 3.8) is 0 Å². The molecule has 2 aromatic rings. The molecular formula is C29H40N4O3. The molecule has 194 valence electrons. The first-order valence-electron chi connectivity index (χ1n) is 13.0. The minimum absolute atomic E-state index is 0.0157. The smallest absolute Gasteiger partial charge is 0.245 e. The highest BCUT2D eigenvalue weighted by Crippen LogP contribution is 2.21. The Hall–Kier alpha value is -3.19. The maximum Gasteiger partial charge on any atom is 0.245 e. The molecule has 7 nitrogen and oxygen atoms in total. The Bertz CT molecular complexity index is 983. The predicted molar refractivity (Wildman–Crippen MR) is 142 cm³/mol. The zero-order chi connectivity index (χ0) is 25.9. The summed E-state index contributed by atoms with van der Waals surface area (Å²) in [5.41, 5.74) is 2.32. The first kappa shape index (κ1) is 27.4. The van der Waals surface area contributed by atoms with E-state index in [9.17, 15) is 14.4 Å². The summed E-state index contributed by atoms with van der Waals surface area (Å²) >= 11 is 0. The van der Waals surface area contributed by atoms with Crippen LogP contribution >= 0.6 is 0 Å². The lowest BCUT2D eigenvalue weighted by atomic mass is 10.0. The van der Waals surface area contributed by atoms with Crippen LogP contribution in [0.5, 0.6) is 0 Å². The number of carbonyl (C=O) groups excluding carboxylic acids is 3. The van der Waals surface area contributed by atoms with E-state index in [0.717, 1.165) is 24.8 Å². The van der Waals surface area contributed by atoms with Gasteiger partial charge in [0.1, 0.15) is 6.04 Å². The van der Waals surface area contributed by atoms with Gasteiger partial charge in [0.05, 0.1) is 6.04 Å². The molecule has 0 radical (unpaired) electrons. The molecule has 0 unspecified atom stereocenters. The van der Waals surface area contributed by atoms with E-state index in [1.807, 2.05) is 58.3 Å². The number of carbonyl (C=O) groups is 3. The van der Waals surface area contributed by atoms with Crippen molar-refractivity contribution in [1.82, 2.24) is 20.4 Å². The summed E-state index contributed by atoms with van der Waals surface area (Å²) in [4.78, 5) is 42.6. The topological polar surface area (TPSA) is 81.8 Å². The standard InChI is InChI=1S/C29H40N4O3/c1-22(30-3)28(35)31-27(17-16-24-11-6-4-7-12-24)29(36)33-19-10-15-26(33)21-32(23(2)34)20-18-25-13-8-5-9-14-25/h4-9,11-14,22,26-27,30H,10,15-21H2,1-3H3,(H,31,35)/t22-,26-,27-/m0/s1. The molecule has 3 atom stereocenters. The number of likely N-dealkylation sites (N-methyl/N-ethyl adjacent to an activating group) is 1. The summed E-state index contributed by atoms with van der Waals surface area (Å²) in [5, 5.41) is 5.93.